The van der Waals surface area contributed by atoms with Gasteiger partial charge < -0.3 is 10.1 Å². The minimum atomic E-state index is -0.637. The normalized spacial score (nSPS) is 15.9. The monoisotopic (exact) mass is 301 g/mol. The maximum absolute atomic E-state index is 12.0. The highest BCUT2D eigenvalue weighted by molar-refractivity contribution is 7.15. The van der Waals surface area contributed by atoms with Gasteiger partial charge in [0.1, 0.15) is 10.4 Å². The highest BCUT2D eigenvalue weighted by Gasteiger charge is 2.32. The molecule has 1 amide bonds. The molecule has 1 aromatic heterocycles. The molecule has 1 unspecified atom stereocenters. The lowest BCUT2D eigenvalue weighted by atomic mass is 10.1. The van der Waals surface area contributed by atoms with Crippen LogP contribution in [-0.2, 0) is 9.53 Å². The van der Waals surface area contributed by atoms with Crippen molar-refractivity contribution < 1.29 is 14.3 Å². The zero-order valence-corrected chi connectivity index (χ0v) is 12.4. The van der Waals surface area contributed by atoms with E-state index in [2.05, 4.69) is 5.32 Å². The van der Waals surface area contributed by atoms with Crippen LogP contribution < -0.4 is 5.32 Å². The minimum absolute atomic E-state index is 0.309. The molecule has 1 fully saturated rings. The van der Waals surface area contributed by atoms with Gasteiger partial charge in [-0.05, 0) is 43.6 Å². The van der Waals surface area contributed by atoms with Gasteiger partial charge in [0.25, 0.3) is 0 Å². The Morgan fingerprint density at radius 2 is 2.26 bits per heavy atom. The maximum atomic E-state index is 12.0. The number of alkyl halides is 1. The van der Waals surface area contributed by atoms with Gasteiger partial charge >= 0.3 is 5.97 Å². The molecule has 1 saturated carbocycles. The standard InChI is InChI=1S/C13H16ClNO3S/c1-3-18-13(17)10-9(8-4-5-8)6-19-12(10)15-11(16)7(2)14/h6-8H,3-5H2,1-2H3,(H,15,16). The molecule has 1 aliphatic rings. The number of thiophene rings is 1. The van der Waals surface area contributed by atoms with Gasteiger partial charge in [0, 0.05) is 0 Å². The molecule has 1 N–H and O–H groups in total. The average molecular weight is 302 g/mol. The Labute approximate surface area is 121 Å². The zero-order valence-electron chi connectivity index (χ0n) is 10.9. The third-order valence-corrected chi connectivity index (χ3v) is 4.03. The molecule has 2 rings (SSSR count). The lowest BCUT2D eigenvalue weighted by Gasteiger charge is -2.08. The van der Waals surface area contributed by atoms with Crippen LogP contribution in [0.3, 0.4) is 0 Å². The Kier molecular flexibility index (Phi) is 4.47. The molecule has 104 valence electrons. The smallest absolute Gasteiger partial charge is 0.341 e. The van der Waals surface area contributed by atoms with Crippen molar-refractivity contribution in [3.05, 3.63) is 16.5 Å². The molecule has 1 atom stereocenters. The molecule has 19 heavy (non-hydrogen) atoms. The van der Waals surface area contributed by atoms with Crippen LogP contribution in [0.4, 0.5) is 5.00 Å². The first kappa shape index (κ1) is 14.3. The Hall–Kier alpha value is -1.07. The summed E-state index contributed by atoms with van der Waals surface area (Å²) in [4.78, 5) is 23.7. The second-order valence-electron chi connectivity index (χ2n) is 4.50. The van der Waals surface area contributed by atoms with E-state index < -0.39 is 5.38 Å². The van der Waals surface area contributed by atoms with Gasteiger partial charge in [0.05, 0.1) is 12.2 Å². The summed E-state index contributed by atoms with van der Waals surface area (Å²) in [6, 6.07) is 0. The van der Waals surface area contributed by atoms with Gasteiger partial charge in [-0.2, -0.15) is 0 Å². The van der Waals surface area contributed by atoms with Crippen LogP contribution in [0, 0.1) is 0 Å². The Bertz CT molecular complexity index is 494. The first-order valence-electron chi connectivity index (χ1n) is 6.28. The lowest BCUT2D eigenvalue weighted by molar-refractivity contribution is -0.115. The first-order valence-corrected chi connectivity index (χ1v) is 7.59. The zero-order chi connectivity index (χ0) is 14.0. The third-order valence-electron chi connectivity index (χ3n) is 2.91. The Balaban J connectivity index is 2.27. The summed E-state index contributed by atoms with van der Waals surface area (Å²) < 4.78 is 5.07. The molecule has 0 bridgehead atoms. The van der Waals surface area contributed by atoms with Crippen LogP contribution in [0.2, 0.25) is 0 Å². The fourth-order valence-corrected chi connectivity index (χ4v) is 2.87. The molecule has 1 aromatic rings. The van der Waals surface area contributed by atoms with E-state index in [0.29, 0.717) is 23.1 Å². The van der Waals surface area contributed by atoms with Crippen molar-refractivity contribution in [1.82, 2.24) is 0 Å². The molecule has 4 nitrogen and oxygen atoms in total. The van der Waals surface area contributed by atoms with Crippen molar-refractivity contribution in [3.8, 4) is 0 Å². The average Bonchev–Trinajstić information content (AvgIpc) is 3.11. The Morgan fingerprint density at radius 1 is 1.58 bits per heavy atom. The van der Waals surface area contributed by atoms with E-state index in [9.17, 15) is 9.59 Å². The van der Waals surface area contributed by atoms with E-state index in [1.165, 1.54) is 11.3 Å². The van der Waals surface area contributed by atoms with Crippen LogP contribution >= 0.6 is 22.9 Å². The quantitative estimate of drug-likeness (QED) is 0.670. The highest BCUT2D eigenvalue weighted by Crippen LogP contribution is 2.46. The van der Waals surface area contributed by atoms with Crippen LogP contribution in [0.15, 0.2) is 5.38 Å². The second-order valence-corrected chi connectivity index (χ2v) is 6.03. The van der Waals surface area contributed by atoms with Crippen molar-refractivity contribution >= 4 is 39.8 Å². The van der Waals surface area contributed by atoms with Crippen molar-refractivity contribution in [1.29, 1.82) is 0 Å². The van der Waals surface area contributed by atoms with E-state index >= 15 is 0 Å². The summed E-state index contributed by atoms with van der Waals surface area (Å²) in [6.07, 6.45) is 2.17. The van der Waals surface area contributed by atoms with Crippen molar-refractivity contribution in [2.45, 2.75) is 38.0 Å². The molecule has 0 spiro atoms. The van der Waals surface area contributed by atoms with Gasteiger partial charge in [-0.15, -0.1) is 22.9 Å². The highest BCUT2D eigenvalue weighted by atomic mass is 35.5. The van der Waals surface area contributed by atoms with Crippen molar-refractivity contribution in [3.63, 3.8) is 0 Å². The molecule has 1 aliphatic carbocycles. The predicted molar refractivity (Wildman–Crippen MR) is 76.2 cm³/mol. The van der Waals surface area contributed by atoms with Gasteiger partial charge in [0.15, 0.2) is 0 Å². The summed E-state index contributed by atoms with van der Waals surface area (Å²) >= 11 is 7.08. The van der Waals surface area contributed by atoms with E-state index in [-0.39, 0.29) is 11.9 Å². The summed E-state index contributed by atoms with van der Waals surface area (Å²) in [5.41, 5.74) is 1.49. The first-order chi connectivity index (χ1) is 9.04. The van der Waals surface area contributed by atoms with E-state index in [1.807, 2.05) is 5.38 Å². The van der Waals surface area contributed by atoms with Gasteiger partial charge in [-0.1, -0.05) is 0 Å². The van der Waals surface area contributed by atoms with Crippen LogP contribution in [0.5, 0.6) is 0 Å². The number of halogens is 1. The number of carbonyl (C=O) groups is 2. The number of anilines is 1. The van der Waals surface area contributed by atoms with Crippen LogP contribution in [0.25, 0.3) is 0 Å². The number of hydrogen-bond donors (Lipinski definition) is 1. The largest absolute Gasteiger partial charge is 0.462 e. The molecule has 0 saturated heterocycles. The molecule has 0 aromatic carbocycles. The molecule has 0 aliphatic heterocycles. The number of hydrogen-bond acceptors (Lipinski definition) is 4. The van der Waals surface area contributed by atoms with E-state index in [0.717, 1.165) is 18.4 Å². The number of nitrogens with one attached hydrogen (secondary N) is 1. The number of carbonyl (C=O) groups excluding carboxylic acids is 2. The molecular formula is C13H16ClNO3S. The second kappa shape index (κ2) is 5.92. The summed E-state index contributed by atoms with van der Waals surface area (Å²) in [5.74, 6) is -0.255. The topological polar surface area (TPSA) is 55.4 Å². The molecule has 6 heteroatoms. The molecule has 1 heterocycles. The maximum Gasteiger partial charge on any atom is 0.341 e. The summed E-state index contributed by atoms with van der Waals surface area (Å²) in [5, 5.41) is 4.53. The summed E-state index contributed by atoms with van der Waals surface area (Å²) in [6.45, 7) is 3.68. The number of ether oxygens (including phenoxy) is 1. The lowest BCUT2D eigenvalue weighted by Crippen LogP contribution is -2.21. The predicted octanol–water partition coefficient (Wildman–Crippen LogP) is 3.37. The van der Waals surface area contributed by atoms with Crippen LogP contribution in [0.1, 0.15) is 48.5 Å². The molecular weight excluding hydrogens is 286 g/mol. The number of esters is 1. The fraction of sp³-hybridized carbons (Fsp3) is 0.538. The van der Waals surface area contributed by atoms with Crippen molar-refractivity contribution in [2.75, 3.05) is 11.9 Å². The van der Waals surface area contributed by atoms with Gasteiger partial charge in [-0.3, -0.25) is 4.79 Å². The third kappa shape index (κ3) is 3.28. The number of amides is 1. The van der Waals surface area contributed by atoms with E-state index in [4.69, 9.17) is 16.3 Å². The fourth-order valence-electron chi connectivity index (χ4n) is 1.78. The summed E-state index contributed by atoms with van der Waals surface area (Å²) in [7, 11) is 0. The number of rotatable bonds is 5. The molecule has 0 radical (unpaired) electrons. The van der Waals surface area contributed by atoms with Gasteiger partial charge in [0.2, 0.25) is 5.91 Å². The minimum Gasteiger partial charge on any atom is -0.462 e. The van der Waals surface area contributed by atoms with Crippen molar-refractivity contribution in [2.24, 2.45) is 0 Å². The Morgan fingerprint density at radius 3 is 2.79 bits per heavy atom. The van der Waals surface area contributed by atoms with Gasteiger partial charge in [-0.25, -0.2) is 4.79 Å². The van der Waals surface area contributed by atoms with Crippen LogP contribution in [-0.4, -0.2) is 23.9 Å². The SMILES string of the molecule is CCOC(=O)c1c(C2CC2)csc1NC(=O)C(C)Cl. The van der Waals surface area contributed by atoms with E-state index in [1.54, 1.807) is 13.8 Å².